The van der Waals surface area contributed by atoms with Gasteiger partial charge in [-0.05, 0) is 0 Å². The zero-order valence-electron chi connectivity index (χ0n) is 3.66. The minimum absolute atomic E-state index is 1.11. The van der Waals surface area contributed by atoms with Crippen LogP contribution in [-0.4, -0.2) is 17.4 Å². The molecule has 0 aromatic rings. The van der Waals surface area contributed by atoms with Gasteiger partial charge in [0, 0.05) is 6.21 Å². The fourth-order valence-electron chi connectivity index (χ4n) is 0.116. The molecule has 0 aromatic carbocycles. The minimum atomic E-state index is -1.19. The van der Waals surface area contributed by atoms with Gasteiger partial charge in [-0.2, -0.15) is 4.99 Å². The maximum Gasteiger partial charge on any atom is 0.431 e. The Morgan fingerprint density at radius 1 is 1.86 bits per heavy atom. The molecule has 0 saturated carbocycles. The SMILES string of the molecule is C=CC=NC(=O)O. The lowest BCUT2D eigenvalue weighted by Crippen LogP contribution is -1.82. The summed E-state index contributed by atoms with van der Waals surface area (Å²) in [5.74, 6) is 0. The lowest BCUT2D eigenvalue weighted by molar-refractivity contribution is 0.206. The molecule has 1 amide bonds. The first-order chi connectivity index (χ1) is 3.27. The van der Waals surface area contributed by atoms with Gasteiger partial charge in [0.1, 0.15) is 0 Å². The van der Waals surface area contributed by atoms with E-state index in [0.29, 0.717) is 0 Å². The van der Waals surface area contributed by atoms with Crippen LogP contribution < -0.4 is 0 Å². The first-order valence-electron chi connectivity index (χ1n) is 1.65. The smallest absolute Gasteiger partial charge is 0.431 e. The standard InChI is InChI=1S/C4H5NO2/c1-2-3-5-4(6)7/h2-3H,1H2,(H,6,7). The monoisotopic (exact) mass is 99.0 g/mol. The van der Waals surface area contributed by atoms with E-state index in [1.807, 2.05) is 0 Å². The second kappa shape index (κ2) is 3.08. The van der Waals surface area contributed by atoms with Crippen molar-refractivity contribution in [2.45, 2.75) is 0 Å². The van der Waals surface area contributed by atoms with Crippen LogP contribution in [0.4, 0.5) is 4.79 Å². The van der Waals surface area contributed by atoms with E-state index < -0.39 is 6.09 Å². The summed E-state index contributed by atoms with van der Waals surface area (Å²) in [6.45, 7) is 3.22. The van der Waals surface area contributed by atoms with Crippen LogP contribution in [0.25, 0.3) is 0 Å². The largest absolute Gasteiger partial charge is 0.463 e. The van der Waals surface area contributed by atoms with Crippen LogP contribution in [0.3, 0.4) is 0 Å². The van der Waals surface area contributed by atoms with Crippen molar-refractivity contribution in [3.8, 4) is 0 Å². The van der Waals surface area contributed by atoms with Crippen molar-refractivity contribution in [1.29, 1.82) is 0 Å². The lowest BCUT2D eigenvalue weighted by atomic mass is 10.7. The molecule has 3 heteroatoms. The summed E-state index contributed by atoms with van der Waals surface area (Å²) in [4.78, 5) is 12.4. The number of hydrogen-bond donors (Lipinski definition) is 1. The van der Waals surface area contributed by atoms with Gasteiger partial charge < -0.3 is 5.11 Å². The highest BCUT2D eigenvalue weighted by atomic mass is 16.4. The Bertz CT molecular complexity index is 106. The fourth-order valence-corrected chi connectivity index (χ4v) is 0.116. The number of carbonyl (C=O) groups is 1. The molecule has 0 aliphatic heterocycles. The number of nitrogens with zero attached hydrogens (tertiary/aromatic N) is 1. The molecular formula is C4H5NO2. The number of aliphatic imine (C=N–C) groups is 1. The van der Waals surface area contributed by atoms with Crippen LogP contribution >= 0.6 is 0 Å². The van der Waals surface area contributed by atoms with Crippen molar-refractivity contribution in [1.82, 2.24) is 0 Å². The van der Waals surface area contributed by atoms with E-state index in [-0.39, 0.29) is 0 Å². The molecule has 0 heterocycles. The van der Waals surface area contributed by atoms with Crippen LogP contribution in [0, 0.1) is 0 Å². The molecule has 0 rings (SSSR count). The van der Waals surface area contributed by atoms with Gasteiger partial charge in [0.2, 0.25) is 0 Å². The maximum atomic E-state index is 9.51. The predicted molar refractivity (Wildman–Crippen MR) is 26.7 cm³/mol. The van der Waals surface area contributed by atoms with E-state index in [1.54, 1.807) is 0 Å². The topological polar surface area (TPSA) is 49.7 Å². The molecule has 7 heavy (non-hydrogen) atoms. The van der Waals surface area contributed by atoms with Gasteiger partial charge in [0.05, 0.1) is 0 Å². The Morgan fingerprint density at radius 2 is 2.43 bits per heavy atom. The van der Waals surface area contributed by atoms with Crippen molar-refractivity contribution in [3.05, 3.63) is 12.7 Å². The number of carboxylic acid groups (broad SMARTS) is 1. The average Bonchev–Trinajstić information content (AvgIpc) is 1.61. The number of rotatable bonds is 1. The molecule has 0 bridgehead atoms. The number of allylic oxidation sites excluding steroid dienone is 1. The van der Waals surface area contributed by atoms with Gasteiger partial charge >= 0.3 is 6.09 Å². The molecule has 0 atom stereocenters. The van der Waals surface area contributed by atoms with Crippen LogP contribution in [0.15, 0.2) is 17.6 Å². The van der Waals surface area contributed by atoms with Crippen LogP contribution in [0.1, 0.15) is 0 Å². The molecule has 0 aromatic heterocycles. The zero-order chi connectivity index (χ0) is 5.70. The Morgan fingerprint density at radius 3 is 2.57 bits per heavy atom. The van der Waals surface area contributed by atoms with Gasteiger partial charge in [-0.15, -0.1) is 0 Å². The maximum absolute atomic E-state index is 9.51. The Balaban J connectivity index is 3.46. The summed E-state index contributed by atoms with van der Waals surface area (Å²) in [5.41, 5.74) is 0. The van der Waals surface area contributed by atoms with Gasteiger partial charge in [-0.25, -0.2) is 4.79 Å². The molecule has 0 aliphatic carbocycles. The molecule has 0 saturated heterocycles. The van der Waals surface area contributed by atoms with Crippen molar-refractivity contribution in [3.63, 3.8) is 0 Å². The normalized spacial score (nSPS) is 9.14. The second-order valence-electron chi connectivity index (χ2n) is 0.796. The fraction of sp³-hybridized carbons (Fsp3) is 0. The number of amides is 1. The summed E-state index contributed by atoms with van der Waals surface area (Å²) >= 11 is 0. The molecule has 1 N–H and O–H groups in total. The van der Waals surface area contributed by atoms with E-state index in [1.165, 1.54) is 6.08 Å². The van der Waals surface area contributed by atoms with Gasteiger partial charge in [0.25, 0.3) is 0 Å². The molecule has 0 unspecified atom stereocenters. The average molecular weight is 99.1 g/mol. The zero-order valence-corrected chi connectivity index (χ0v) is 3.66. The molecule has 0 fully saturated rings. The second-order valence-corrected chi connectivity index (χ2v) is 0.796. The van der Waals surface area contributed by atoms with Crippen LogP contribution in [-0.2, 0) is 0 Å². The molecular weight excluding hydrogens is 94.0 g/mol. The number of hydrogen-bond acceptors (Lipinski definition) is 1. The van der Waals surface area contributed by atoms with Gasteiger partial charge in [-0.1, -0.05) is 12.7 Å². The first-order valence-corrected chi connectivity index (χ1v) is 1.65. The minimum Gasteiger partial charge on any atom is -0.463 e. The van der Waals surface area contributed by atoms with E-state index in [9.17, 15) is 4.79 Å². The van der Waals surface area contributed by atoms with E-state index in [2.05, 4.69) is 11.6 Å². The van der Waals surface area contributed by atoms with Gasteiger partial charge in [-0.3, -0.25) is 0 Å². The Hall–Kier alpha value is -1.12. The Kier molecular flexibility index (Phi) is 2.59. The molecule has 38 valence electrons. The van der Waals surface area contributed by atoms with Crippen molar-refractivity contribution < 1.29 is 9.90 Å². The Labute approximate surface area is 41.0 Å². The quantitative estimate of drug-likeness (QED) is 0.497. The summed E-state index contributed by atoms with van der Waals surface area (Å²) in [7, 11) is 0. The summed E-state index contributed by atoms with van der Waals surface area (Å²) in [6, 6.07) is 0. The van der Waals surface area contributed by atoms with Crippen molar-refractivity contribution in [2.75, 3.05) is 0 Å². The third kappa shape index (κ3) is 4.88. The van der Waals surface area contributed by atoms with Crippen LogP contribution in [0.2, 0.25) is 0 Å². The highest BCUT2D eigenvalue weighted by molar-refractivity contribution is 5.82. The highest BCUT2D eigenvalue weighted by Crippen LogP contribution is 1.66. The first kappa shape index (κ1) is 5.88. The summed E-state index contributed by atoms with van der Waals surface area (Å²) < 4.78 is 0. The molecule has 0 aliphatic rings. The van der Waals surface area contributed by atoms with Crippen molar-refractivity contribution in [2.24, 2.45) is 4.99 Å². The third-order valence-electron chi connectivity index (χ3n) is 0.290. The van der Waals surface area contributed by atoms with E-state index in [0.717, 1.165) is 6.21 Å². The summed E-state index contributed by atoms with van der Waals surface area (Å²) in [6.07, 6.45) is 1.22. The van der Waals surface area contributed by atoms with Gasteiger partial charge in [0.15, 0.2) is 0 Å². The lowest BCUT2D eigenvalue weighted by Gasteiger charge is -1.70. The molecule has 0 spiro atoms. The summed E-state index contributed by atoms with van der Waals surface area (Å²) in [5, 5.41) is 7.80. The van der Waals surface area contributed by atoms with E-state index >= 15 is 0 Å². The highest BCUT2D eigenvalue weighted by Gasteiger charge is 1.79. The molecule has 3 nitrogen and oxygen atoms in total. The van der Waals surface area contributed by atoms with Crippen LogP contribution in [0.5, 0.6) is 0 Å². The van der Waals surface area contributed by atoms with Crippen molar-refractivity contribution >= 4 is 12.3 Å². The molecule has 0 radical (unpaired) electrons. The van der Waals surface area contributed by atoms with E-state index in [4.69, 9.17) is 5.11 Å². The third-order valence-corrected chi connectivity index (χ3v) is 0.290. The predicted octanol–water partition coefficient (Wildman–Crippen LogP) is 0.921.